The van der Waals surface area contributed by atoms with Crippen LogP contribution < -0.4 is 19.5 Å². The number of hydrogen-bond donors (Lipinski definition) is 2. The van der Waals surface area contributed by atoms with Gasteiger partial charge < -0.3 is 14.8 Å². The van der Waals surface area contributed by atoms with E-state index in [1.54, 1.807) is 55.5 Å². The van der Waals surface area contributed by atoms with Crippen LogP contribution in [-0.2, 0) is 10.0 Å². The first-order valence-corrected chi connectivity index (χ1v) is 10.5. The van der Waals surface area contributed by atoms with E-state index in [4.69, 9.17) is 9.47 Å². The second-order valence-corrected chi connectivity index (χ2v) is 8.15. The van der Waals surface area contributed by atoms with Crippen LogP contribution >= 0.6 is 0 Å². The van der Waals surface area contributed by atoms with Crippen molar-refractivity contribution in [2.45, 2.75) is 11.8 Å². The van der Waals surface area contributed by atoms with Gasteiger partial charge in [-0.25, -0.2) is 8.42 Å². The van der Waals surface area contributed by atoms with Crippen molar-refractivity contribution in [2.24, 2.45) is 0 Å². The molecule has 0 unspecified atom stereocenters. The van der Waals surface area contributed by atoms with Gasteiger partial charge >= 0.3 is 0 Å². The third kappa shape index (κ3) is 4.72. The van der Waals surface area contributed by atoms with Crippen molar-refractivity contribution in [3.63, 3.8) is 0 Å². The van der Waals surface area contributed by atoms with Gasteiger partial charge in [0.05, 0.1) is 24.8 Å². The Morgan fingerprint density at radius 2 is 1.53 bits per heavy atom. The third-order valence-corrected chi connectivity index (χ3v) is 5.83. The maximum absolute atomic E-state index is 12.8. The molecule has 3 aromatic rings. The minimum absolute atomic E-state index is 0.0875. The van der Waals surface area contributed by atoms with Crippen LogP contribution in [0.25, 0.3) is 0 Å². The minimum atomic E-state index is -3.84. The van der Waals surface area contributed by atoms with Crippen molar-refractivity contribution < 1.29 is 22.7 Å². The van der Waals surface area contributed by atoms with E-state index in [0.717, 1.165) is 0 Å². The third-order valence-electron chi connectivity index (χ3n) is 4.44. The van der Waals surface area contributed by atoms with Crippen molar-refractivity contribution in [3.05, 3.63) is 77.9 Å². The molecule has 2 N–H and O–H groups in total. The van der Waals surface area contributed by atoms with Gasteiger partial charge in [0.1, 0.15) is 11.5 Å². The molecule has 156 valence electrons. The molecule has 0 radical (unpaired) electrons. The zero-order valence-electron chi connectivity index (χ0n) is 16.8. The van der Waals surface area contributed by atoms with Gasteiger partial charge in [-0.3, -0.25) is 9.52 Å². The topological polar surface area (TPSA) is 93.7 Å². The van der Waals surface area contributed by atoms with Crippen molar-refractivity contribution >= 4 is 27.3 Å². The van der Waals surface area contributed by atoms with E-state index >= 15 is 0 Å². The van der Waals surface area contributed by atoms with Gasteiger partial charge in [-0.05, 0) is 55.0 Å². The smallest absolute Gasteiger partial charge is 0.262 e. The molecule has 0 heterocycles. The molecule has 8 heteroatoms. The highest BCUT2D eigenvalue weighted by atomic mass is 32.2. The lowest BCUT2D eigenvalue weighted by atomic mass is 10.1. The molecule has 0 aromatic heterocycles. The molecule has 1 amide bonds. The Labute approximate surface area is 175 Å². The average molecular weight is 426 g/mol. The fraction of sp³-hybridized carbons (Fsp3) is 0.136. The van der Waals surface area contributed by atoms with E-state index in [1.807, 2.05) is 6.07 Å². The number of aryl methyl sites for hydroxylation is 1. The number of anilines is 2. The van der Waals surface area contributed by atoms with E-state index in [0.29, 0.717) is 22.6 Å². The lowest BCUT2D eigenvalue weighted by Crippen LogP contribution is -2.15. The highest BCUT2D eigenvalue weighted by molar-refractivity contribution is 7.92. The first-order valence-electron chi connectivity index (χ1n) is 9.06. The van der Waals surface area contributed by atoms with Crippen LogP contribution in [0.5, 0.6) is 11.5 Å². The van der Waals surface area contributed by atoms with E-state index in [9.17, 15) is 13.2 Å². The molecule has 0 spiro atoms. The average Bonchev–Trinajstić information content (AvgIpc) is 2.76. The van der Waals surface area contributed by atoms with Crippen LogP contribution in [0.1, 0.15) is 15.9 Å². The SMILES string of the molecule is COc1ccc(S(=O)(=O)Nc2cc(C)c(NC(=O)c3ccccc3)cc2OC)cc1. The van der Waals surface area contributed by atoms with Crippen molar-refractivity contribution in [3.8, 4) is 11.5 Å². The number of benzene rings is 3. The Hall–Kier alpha value is -3.52. The molecular weight excluding hydrogens is 404 g/mol. The van der Waals surface area contributed by atoms with Crippen LogP contribution in [0, 0.1) is 6.92 Å². The number of ether oxygens (including phenoxy) is 2. The summed E-state index contributed by atoms with van der Waals surface area (Å²) in [6.45, 7) is 1.77. The molecule has 0 aliphatic carbocycles. The van der Waals surface area contributed by atoms with Crippen LogP contribution in [0.3, 0.4) is 0 Å². The molecule has 3 rings (SSSR count). The van der Waals surface area contributed by atoms with E-state index in [2.05, 4.69) is 10.0 Å². The van der Waals surface area contributed by atoms with Crippen LogP contribution in [0.4, 0.5) is 11.4 Å². The van der Waals surface area contributed by atoms with Gasteiger partial charge in [-0.2, -0.15) is 0 Å². The molecule has 0 aliphatic heterocycles. The lowest BCUT2D eigenvalue weighted by Gasteiger charge is -2.16. The van der Waals surface area contributed by atoms with Gasteiger partial charge in [0.2, 0.25) is 0 Å². The van der Waals surface area contributed by atoms with Gasteiger partial charge in [-0.1, -0.05) is 18.2 Å². The summed E-state index contributed by atoms with van der Waals surface area (Å²) in [5.74, 6) is 0.564. The maximum Gasteiger partial charge on any atom is 0.262 e. The number of nitrogens with one attached hydrogen (secondary N) is 2. The maximum atomic E-state index is 12.8. The first-order chi connectivity index (χ1) is 14.3. The van der Waals surface area contributed by atoms with E-state index < -0.39 is 10.0 Å². The quantitative estimate of drug-likeness (QED) is 0.594. The summed E-state index contributed by atoms with van der Waals surface area (Å²) in [6.07, 6.45) is 0. The molecule has 0 fully saturated rings. The van der Waals surface area contributed by atoms with E-state index in [-0.39, 0.29) is 22.2 Å². The predicted molar refractivity (Wildman–Crippen MR) is 116 cm³/mol. The summed E-state index contributed by atoms with van der Waals surface area (Å²) in [4.78, 5) is 12.5. The van der Waals surface area contributed by atoms with Gasteiger partial charge in [-0.15, -0.1) is 0 Å². The molecule has 0 atom stereocenters. The number of carbonyl (C=O) groups excluding carboxylic acids is 1. The van der Waals surface area contributed by atoms with Crippen molar-refractivity contribution in [2.75, 3.05) is 24.3 Å². The Morgan fingerprint density at radius 3 is 2.13 bits per heavy atom. The summed E-state index contributed by atoms with van der Waals surface area (Å²) in [5, 5.41) is 2.83. The summed E-state index contributed by atoms with van der Waals surface area (Å²) in [7, 11) is -0.903. The van der Waals surface area contributed by atoms with Crippen LogP contribution in [-0.4, -0.2) is 28.5 Å². The highest BCUT2D eigenvalue weighted by Gasteiger charge is 2.19. The summed E-state index contributed by atoms with van der Waals surface area (Å²) in [5.41, 5.74) is 1.98. The zero-order chi connectivity index (χ0) is 21.7. The molecule has 0 saturated heterocycles. The van der Waals surface area contributed by atoms with E-state index in [1.165, 1.54) is 26.4 Å². The molecular formula is C22H22N2O5S. The number of hydrogen-bond acceptors (Lipinski definition) is 5. The monoisotopic (exact) mass is 426 g/mol. The Balaban J connectivity index is 1.87. The Morgan fingerprint density at radius 1 is 0.867 bits per heavy atom. The second kappa shape index (κ2) is 8.87. The molecule has 0 saturated carbocycles. The predicted octanol–water partition coefficient (Wildman–Crippen LogP) is 4.07. The number of carbonyl (C=O) groups is 1. The molecule has 7 nitrogen and oxygen atoms in total. The number of methoxy groups -OCH3 is 2. The van der Waals surface area contributed by atoms with Crippen molar-refractivity contribution in [1.82, 2.24) is 0 Å². The molecule has 0 bridgehead atoms. The van der Waals surface area contributed by atoms with Gasteiger partial charge in [0.15, 0.2) is 0 Å². The zero-order valence-corrected chi connectivity index (χ0v) is 17.6. The number of rotatable bonds is 7. The van der Waals surface area contributed by atoms with Gasteiger partial charge in [0.25, 0.3) is 15.9 Å². The minimum Gasteiger partial charge on any atom is -0.497 e. The van der Waals surface area contributed by atoms with Crippen molar-refractivity contribution in [1.29, 1.82) is 0 Å². The fourth-order valence-corrected chi connectivity index (χ4v) is 3.88. The normalized spacial score (nSPS) is 10.9. The number of amides is 1. The fourth-order valence-electron chi connectivity index (χ4n) is 2.81. The Kier molecular flexibility index (Phi) is 6.27. The summed E-state index contributed by atoms with van der Waals surface area (Å²) < 4.78 is 38.4. The standard InChI is InChI=1S/C22H22N2O5S/c1-15-13-20(24-30(26,27)18-11-9-17(28-2)10-12-18)21(29-3)14-19(15)23-22(25)16-7-5-4-6-8-16/h4-14,24H,1-3H3,(H,23,25). The highest BCUT2D eigenvalue weighted by Crippen LogP contribution is 2.33. The Bertz CT molecular complexity index is 1140. The second-order valence-electron chi connectivity index (χ2n) is 6.47. The van der Waals surface area contributed by atoms with Crippen LogP contribution in [0.2, 0.25) is 0 Å². The lowest BCUT2D eigenvalue weighted by molar-refractivity contribution is 0.102. The largest absolute Gasteiger partial charge is 0.497 e. The van der Waals surface area contributed by atoms with Gasteiger partial charge in [0, 0.05) is 17.3 Å². The molecule has 3 aromatic carbocycles. The molecule has 0 aliphatic rings. The number of sulfonamides is 1. The van der Waals surface area contributed by atoms with Crippen LogP contribution in [0.15, 0.2) is 71.6 Å². The first kappa shape index (κ1) is 21.2. The molecule has 30 heavy (non-hydrogen) atoms. The summed E-state index contributed by atoms with van der Waals surface area (Å²) in [6, 6.07) is 18.0. The summed E-state index contributed by atoms with van der Waals surface area (Å²) >= 11 is 0.